The number of H-pyrrole nitrogens is 1. The Morgan fingerprint density at radius 3 is 2.17 bits per heavy atom. The third-order valence-electron chi connectivity index (χ3n) is 8.65. The molecule has 2 aromatic carbocycles. The Labute approximate surface area is 304 Å². The van der Waals surface area contributed by atoms with E-state index in [1.54, 1.807) is 4.57 Å². The van der Waals surface area contributed by atoms with Gasteiger partial charge in [0.15, 0.2) is 5.96 Å². The Morgan fingerprint density at radius 2 is 1.56 bits per heavy atom. The third kappa shape index (κ3) is 12.4. The van der Waals surface area contributed by atoms with Crippen molar-refractivity contribution in [3.63, 3.8) is 0 Å². The van der Waals surface area contributed by atoms with E-state index in [9.17, 15) is 18.0 Å². The number of benzene rings is 2. The Bertz CT molecular complexity index is 1820. The minimum absolute atomic E-state index is 0.0352. The molecule has 284 valence electrons. The molecule has 0 bridgehead atoms. The van der Waals surface area contributed by atoms with E-state index in [4.69, 9.17) is 11.5 Å². The highest BCUT2D eigenvalue weighted by Crippen LogP contribution is 2.29. The summed E-state index contributed by atoms with van der Waals surface area (Å²) < 4.78 is 38.5. The fraction of sp³-hybridized carbons (Fsp3) is 0.500. The van der Waals surface area contributed by atoms with Gasteiger partial charge in [-0.3, -0.25) is 9.56 Å². The molecule has 0 unspecified atom stereocenters. The van der Waals surface area contributed by atoms with Crippen LogP contribution in [-0.4, -0.2) is 72.5 Å². The minimum atomic E-state index is -4.18. The van der Waals surface area contributed by atoms with Crippen molar-refractivity contribution in [1.29, 1.82) is 0 Å². The second-order valence-electron chi connectivity index (χ2n) is 15.2. The van der Waals surface area contributed by atoms with Crippen LogP contribution >= 0.6 is 0 Å². The summed E-state index contributed by atoms with van der Waals surface area (Å²) in [7, 11) is 0. The van der Waals surface area contributed by atoms with E-state index < -0.39 is 12.7 Å². The molecule has 52 heavy (non-hydrogen) atoms. The van der Waals surface area contributed by atoms with E-state index in [1.807, 2.05) is 42.6 Å². The zero-order valence-electron chi connectivity index (χ0n) is 31.3. The Hall–Kier alpha value is -4.40. The number of nitrogens with zero attached hydrogens (tertiary/aromatic N) is 4. The molecule has 0 saturated carbocycles. The van der Waals surface area contributed by atoms with Crippen molar-refractivity contribution in [2.75, 3.05) is 50.7 Å². The number of alkyl halides is 3. The average Bonchev–Trinajstić information content (AvgIpc) is 3.50. The number of aliphatic imine (C=N–C) groups is 1. The molecule has 2 aromatic heterocycles. The zero-order valence-corrected chi connectivity index (χ0v) is 31.3. The molecule has 1 aliphatic rings. The summed E-state index contributed by atoms with van der Waals surface area (Å²) in [6.07, 6.45) is -1.47. The minimum Gasteiger partial charge on any atom is -0.370 e. The van der Waals surface area contributed by atoms with Crippen molar-refractivity contribution in [2.45, 2.75) is 78.1 Å². The smallest absolute Gasteiger partial charge is 0.370 e. The monoisotopic (exact) mass is 724 g/mol. The molecule has 0 radical (unpaired) electrons. The first kappa shape index (κ1) is 40.4. The number of rotatable bonds is 11. The highest BCUT2D eigenvalue weighted by Gasteiger charge is 2.26. The van der Waals surface area contributed by atoms with Gasteiger partial charge in [0.2, 0.25) is 0 Å². The van der Waals surface area contributed by atoms with Crippen LogP contribution in [0.25, 0.3) is 16.7 Å². The quantitative estimate of drug-likeness (QED) is 0.0733. The van der Waals surface area contributed by atoms with Gasteiger partial charge in [0.1, 0.15) is 5.65 Å². The van der Waals surface area contributed by atoms with Gasteiger partial charge in [-0.25, -0.2) is 4.79 Å². The number of anilines is 1. The first-order valence-corrected chi connectivity index (χ1v) is 17.7. The van der Waals surface area contributed by atoms with Crippen molar-refractivity contribution in [3.05, 3.63) is 87.6 Å². The third-order valence-corrected chi connectivity index (χ3v) is 8.65. The Balaban J connectivity index is 0.000000239. The lowest BCUT2D eigenvalue weighted by atomic mass is 9.85. The molecule has 14 heteroatoms. The van der Waals surface area contributed by atoms with Crippen LogP contribution in [0.5, 0.6) is 0 Å². The van der Waals surface area contributed by atoms with Crippen molar-refractivity contribution in [3.8, 4) is 5.69 Å². The maximum atomic E-state index is 12.5. The summed E-state index contributed by atoms with van der Waals surface area (Å²) in [5, 5.41) is 10.1. The summed E-state index contributed by atoms with van der Waals surface area (Å²) in [5.74, 6) is 0.123. The standard InChI is InChI=1S/C21H29N7O.C17H26F3N3/c1-21(2,3)17-11-15-13-28(20(29)27-18(15)26-17)16-7-5-14(6-8-16)12-24-9-4-10-25-19(22)23;1-16(2,3)14-8-13(11-22-12-17(18,19)20)9-15(10-14)23-6-4-21-5-7-23/h5-8,11,13,24H,4,9-10,12H2,1-3H3,(H4,22,23,25)(H,26,27,29);8-10,21-22H,4-7,11-12H2,1-3H3. The van der Waals surface area contributed by atoms with Gasteiger partial charge in [0.05, 0.1) is 12.2 Å². The number of halogens is 3. The molecule has 1 fully saturated rings. The van der Waals surface area contributed by atoms with Gasteiger partial charge in [0.25, 0.3) is 0 Å². The molecule has 5 rings (SSSR count). The predicted molar refractivity (Wildman–Crippen MR) is 205 cm³/mol. The molecule has 4 aromatic rings. The van der Waals surface area contributed by atoms with Gasteiger partial charge in [-0.15, -0.1) is 0 Å². The van der Waals surface area contributed by atoms with Crippen LogP contribution in [0.15, 0.2) is 64.5 Å². The SMILES string of the molecule is CC(C)(C)c1cc(CNCC(F)(F)F)cc(N2CCNCC2)c1.CC(C)(C)c1cc2cn(-c3ccc(CNCCCN=C(N)N)cc3)c(=O)nc2[nH]1. The summed E-state index contributed by atoms with van der Waals surface area (Å²) in [6, 6.07) is 16.1. The molecule has 0 atom stereocenters. The molecule has 0 spiro atoms. The molecule has 3 heterocycles. The molecular weight excluding hydrogens is 669 g/mol. The van der Waals surface area contributed by atoms with Crippen LogP contribution in [0.3, 0.4) is 0 Å². The number of aromatic amines is 1. The maximum Gasteiger partial charge on any atom is 0.401 e. The van der Waals surface area contributed by atoms with E-state index in [2.05, 4.69) is 89.5 Å². The number of aromatic nitrogens is 3. The number of nitrogens with one attached hydrogen (secondary N) is 4. The van der Waals surface area contributed by atoms with Crippen molar-refractivity contribution < 1.29 is 13.2 Å². The molecule has 11 nitrogen and oxygen atoms in total. The molecule has 0 aliphatic carbocycles. The van der Waals surface area contributed by atoms with Crippen molar-refractivity contribution in [1.82, 2.24) is 30.5 Å². The Morgan fingerprint density at radius 1 is 0.885 bits per heavy atom. The van der Waals surface area contributed by atoms with Crippen LogP contribution in [0.1, 0.15) is 70.3 Å². The van der Waals surface area contributed by atoms with Gasteiger partial charge >= 0.3 is 11.9 Å². The molecule has 1 saturated heterocycles. The largest absolute Gasteiger partial charge is 0.401 e. The van der Waals surface area contributed by atoms with Crippen molar-refractivity contribution >= 4 is 22.7 Å². The van der Waals surface area contributed by atoms with Crippen LogP contribution in [0.2, 0.25) is 0 Å². The summed E-state index contributed by atoms with van der Waals surface area (Å²) in [5.41, 5.74) is 17.0. The number of nitrogens with two attached hydrogens (primary N) is 2. The van der Waals surface area contributed by atoms with Crippen LogP contribution in [0.4, 0.5) is 18.9 Å². The topological polar surface area (TPSA) is 154 Å². The molecule has 0 amide bonds. The lowest BCUT2D eigenvalue weighted by molar-refractivity contribution is -0.125. The number of fused-ring (bicyclic) bond motifs is 1. The van der Waals surface area contributed by atoms with Crippen LogP contribution < -0.4 is 38.0 Å². The highest BCUT2D eigenvalue weighted by atomic mass is 19.4. The first-order valence-electron chi connectivity index (χ1n) is 17.7. The Kier molecular flexibility index (Phi) is 13.5. The van der Waals surface area contributed by atoms with E-state index in [0.717, 1.165) is 84.8 Å². The molecule has 1 aliphatic heterocycles. The van der Waals surface area contributed by atoms with Crippen LogP contribution in [0, 0.1) is 0 Å². The van der Waals surface area contributed by atoms with Gasteiger partial charge in [-0.2, -0.15) is 18.2 Å². The molecular formula is C38H55F3N10O. The fourth-order valence-electron chi connectivity index (χ4n) is 5.67. The van der Waals surface area contributed by atoms with Crippen LogP contribution in [-0.2, 0) is 23.9 Å². The van der Waals surface area contributed by atoms with E-state index in [0.29, 0.717) is 12.2 Å². The lowest BCUT2D eigenvalue weighted by Gasteiger charge is -2.31. The number of piperazine rings is 1. The predicted octanol–water partition coefficient (Wildman–Crippen LogP) is 4.81. The maximum absolute atomic E-state index is 12.5. The van der Waals surface area contributed by atoms with Gasteiger partial charge in [-0.05, 0) is 65.4 Å². The van der Waals surface area contributed by atoms with E-state index in [1.165, 1.54) is 0 Å². The van der Waals surface area contributed by atoms with Crippen molar-refractivity contribution in [2.24, 2.45) is 16.5 Å². The fourth-order valence-corrected chi connectivity index (χ4v) is 5.67. The van der Waals surface area contributed by atoms with E-state index >= 15 is 0 Å². The normalized spacial score (nSPS) is 13.9. The summed E-state index contributed by atoms with van der Waals surface area (Å²) in [4.78, 5) is 26.2. The van der Waals surface area contributed by atoms with Gasteiger partial charge in [0, 0.05) is 74.2 Å². The van der Waals surface area contributed by atoms with E-state index in [-0.39, 0.29) is 29.0 Å². The van der Waals surface area contributed by atoms with Gasteiger partial charge in [-0.1, -0.05) is 59.7 Å². The zero-order chi connectivity index (χ0) is 38.1. The number of guanidine groups is 1. The lowest BCUT2D eigenvalue weighted by Crippen LogP contribution is -2.43. The summed E-state index contributed by atoms with van der Waals surface area (Å²) >= 11 is 0. The average molecular weight is 725 g/mol. The summed E-state index contributed by atoms with van der Waals surface area (Å²) in [6.45, 7) is 17.9. The van der Waals surface area contributed by atoms with Gasteiger partial charge < -0.3 is 37.3 Å². The molecule has 8 N–H and O–H groups in total. The number of hydrogen-bond donors (Lipinski definition) is 6. The first-order chi connectivity index (χ1) is 24.4. The highest BCUT2D eigenvalue weighted by molar-refractivity contribution is 5.76. The number of hydrogen-bond acceptors (Lipinski definition) is 7. The second kappa shape index (κ2) is 17.4. The second-order valence-corrected chi connectivity index (χ2v) is 15.2.